The lowest BCUT2D eigenvalue weighted by atomic mass is 10.0. The molecule has 1 aromatic carbocycles. The Kier molecular flexibility index (Phi) is 5.82. The first-order valence-corrected chi connectivity index (χ1v) is 7.82. The van der Waals surface area contributed by atoms with Crippen LogP contribution in [-0.4, -0.2) is 15.0 Å². The van der Waals surface area contributed by atoms with Crippen molar-refractivity contribution < 1.29 is 12.6 Å². The summed E-state index contributed by atoms with van der Waals surface area (Å²) in [5.74, 6) is 0.503. The van der Waals surface area contributed by atoms with Crippen LogP contribution in [0.3, 0.4) is 0 Å². The van der Waals surface area contributed by atoms with Crippen LogP contribution in [0.15, 0.2) is 29.2 Å². The van der Waals surface area contributed by atoms with E-state index in [1.165, 1.54) is 0 Å². The van der Waals surface area contributed by atoms with E-state index in [1.807, 2.05) is 6.92 Å². The molecule has 1 rings (SSSR count). The van der Waals surface area contributed by atoms with Gasteiger partial charge in [0.1, 0.15) is 0 Å². The van der Waals surface area contributed by atoms with Gasteiger partial charge in [-0.3, -0.25) is 4.18 Å². The molecule has 3 nitrogen and oxygen atoms in total. The van der Waals surface area contributed by atoms with Gasteiger partial charge in [-0.25, -0.2) is 0 Å². The number of benzene rings is 1. The third-order valence-electron chi connectivity index (χ3n) is 2.94. The Bertz CT molecular complexity index is 448. The first-order valence-electron chi connectivity index (χ1n) is 6.42. The highest BCUT2D eigenvalue weighted by Gasteiger charge is 2.15. The van der Waals surface area contributed by atoms with Crippen LogP contribution in [0.2, 0.25) is 0 Å². The molecule has 0 saturated heterocycles. The Morgan fingerprint density at radius 3 is 2.33 bits per heavy atom. The second-order valence-corrected chi connectivity index (χ2v) is 6.39. The summed E-state index contributed by atoms with van der Waals surface area (Å²) < 4.78 is 28.8. The molecule has 0 aromatic heterocycles. The predicted octanol–water partition coefficient (Wildman–Crippen LogP) is 3.53. The second kappa shape index (κ2) is 6.90. The van der Waals surface area contributed by atoms with Gasteiger partial charge in [-0.2, -0.15) is 8.42 Å². The fourth-order valence-electron chi connectivity index (χ4n) is 1.77. The number of hydrogen-bond donors (Lipinski definition) is 0. The van der Waals surface area contributed by atoms with E-state index in [2.05, 4.69) is 13.8 Å². The average molecular weight is 270 g/mol. The molecule has 0 saturated carbocycles. The molecule has 0 heterocycles. The molecular weight excluding hydrogens is 248 g/mol. The lowest BCUT2D eigenvalue weighted by Crippen LogP contribution is -2.10. The van der Waals surface area contributed by atoms with Gasteiger partial charge in [-0.05, 0) is 31.4 Å². The Morgan fingerprint density at radius 1 is 1.17 bits per heavy atom. The molecule has 0 amide bonds. The maximum absolute atomic E-state index is 11.9. The third kappa shape index (κ3) is 4.78. The van der Waals surface area contributed by atoms with Gasteiger partial charge >= 0.3 is 0 Å². The van der Waals surface area contributed by atoms with Crippen LogP contribution >= 0.6 is 0 Å². The Morgan fingerprint density at radius 2 is 1.78 bits per heavy atom. The standard InChI is InChI=1S/C14H22O3S/c1-4-5-12(2)10-11-17-18(15,16)14-8-6-13(3)7-9-14/h6-9,12H,4-5,10-11H2,1-3H3. The quantitative estimate of drug-likeness (QED) is 0.712. The zero-order valence-electron chi connectivity index (χ0n) is 11.3. The predicted molar refractivity (Wildman–Crippen MR) is 73.0 cm³/mol. The van der Waals surface area contributed by atoms with Crippen LogP contribution in [0, 0.1) is 12.8 Å². The van der Waals surface area contributed by atoms with Crippen LogP contribution < -0.4 is 0 Å². The minimum Gasteiger partial charge on any atom is -0.266 e. The van der Waals surface area contributed by atoms with Crippen molar-refractivity contribution in [3.05, 3.63) is 29.8 Å². The van der Waals surface area contributed by atoms with Crippen molar-refractivity contribution in [2.24, 2.45) is 5.92 Å². The topological polar surface area (TPSA) is 43.4 Å². The van der Waals surface area contributed by atoms with Gasteiger partial charge < -0.3 is 0 Å². The molecule has 0 aliphatic rings. The van der Waals surface area contributed by atoms with Crippen molar-refractivity contribution in [1.82, 2.24) is 0 Å². The molecule has 4 heteroatoms. The van der Waals surface area contributed by atoms with Crippen molar-refractivity contribution in [3.8, 4) is 0 Å². The van der Waals surface area contributed by atoms with Crippen LogP contribution in [-0.2, 0) is 14.3 Å². The highest BCUT2D eigenvalue weighted by atomic mass is 32.2. The van der Waals surface area contributed by atoms with Gasteiger partial charge in [0.15, 0.2) is 0 Å². The Hall–Kier alpha value is -0.870. The van der Waals surface area contributed by atoms with E-state index in [4.69, 9.17) is 4.18 Å². The molecule has 1 unspecified atom stereocenters. The minimum atomic E-state index is -3.59. The van der Waals surface area contributed by atoms with Gasteiger partial charge in [0.25, 0.3) is 10.1 Å². The Labute approximate surface area is 110 Å². The van der Waals surface area contributed by atoms with E-state index in [-0.39, 0.29) is 11.5 Å². The van der Waals surface area contributed by atoms with Gasteiger partial charge in [0, 0.05) is 0 Å². The smallest absolute Gasteiger partial charge is 0.266 e. The average Bonchev–Trinajstić information content (AvgIpc) is 2.29. The van der Waals surface area contributed by atoms with Gasteiger partial charge in [-0.15, -0.1) is 0 Å². The molecule has 0 aliphatic heterocycles. The van der Waals surface area contributed by atoms with Crippen LogP contribution in [0.5, 0.6) is 0 Å². The molecule has 18 heavy (non-hydrogen) atoms. The Balaban J connectivity index is 2.52. The lowest BCUT2D eigenvalue weighted by Gasteiger charge is -2.10. The largest absolute Gasteiger partial charge is 0.296 e. The molecule has 0 aliphatic carbocycles. The van der Waals surface area contributed by atoms with Crippen molar-refractivity contribution in [2.45, 2.75) is 44.9 Å². The van der Waals surface area contributed by atoms with E-state index in [1.54, 1.807) is 24.3 Å². The third-order valence-corrected chi connectivity index (χ3v) is 4.27. The zero-order valence-corrected chi connectivity index (χ0v) is 12.2. The van der Waals surface area contributed by atoms with Crippen LogP contribution in [0.1, 0.15) is 38.7 Å². The summed E-state index contributed by atoms with van der Waals surface area (Å²) in [5, 5.41) is 0. The summed E-state index contributed by atoms with van der Waals surface area (Å²) >= 11 is 0. The van der Waals surface area contributed by atoms with Crippen LogP contribution in [0.4, 0.5) is 0 Å². The highest BCUT2D eigenvalue weighted by Crippen LogP contribution is 2.15. The van der Waals surface area contributed by atoms with Crippen molar-refractivity contribution in [1.29, 1.82) is 0 Å². The van der Waals surface area contributed by atoms with Crippen LogP contribution in [0.25, 0.3) is 0 Å². The molecule has 0 fully saturated rings. The molecular formula is C14H22O3S. The monoisotopic (exact) mass is 270 g/mol. The van der Waals surface area contributed by atoms with Crippen molar-refractivity contribution >= 4 is 10.1 Å². The summed E-state index contributed by atoms with van der Waals surface area (Å²) in [6.07, 6.45) is 3.00. The molecule has 1 atom stereocenters. The summed E-state index contributed by atoms with van der Waals surface area (Å²) in [6.45, 7) is 6.42. The van der Waals surface area contributed by atoms with Gasteiger partial charge in [0.2, 0.25) is 0 Å². The summed E-state index contributed by atoms with van der Waals surface area (Å²) in [4.78, 5) is 0.233. The summed E-state index contributed by atoms with van der Waals surface area (Å²) in [5.41, 5.74) is 1.03. The molecule has 1 aromatic rings. The number of hydrogen-bond acceptors (Lipinski definition) is 3. The molecule has 0 radical (unpaired) electrons. The summed E-state index contributed by atoms with van der Waals surface area (Å²) in [6, 6.07) is 6.71. The molecule has 0 N–H and O–H groups in total. The van der Waals surface area contributed by atoms with Gasteiger partial charge in [-0.1, -0.05) is 44.4 Å². The highest BCUT2D eigenvalue weighted by molar-refractivity contribution is 7.86. The second-order valence-electron chi connectivity index (χ2n) is 4.77. The number of aryl methyl sites for hydroxylation is 1. The minimum absolute atomic E-state index is 0.233. The number of rotatable bonds is 7. The zero-order chi connectivity index (χ0) is 13.6. The van der Waals surface area contributed by atoms with Gasteiger partial charge in [0.05, 0.1) is 11.5 Å². The van der Waals surface area contributed by atoms with Crippen molar-refractivity contribution in [2.75, 3.05) is 6.61 Å². The van der Waals surface area contributed by atoms with Crippen molar-refractivity contribution in [3.63, 3.8) is 0 Å². The maximum Gasteiger partial charge on any atom is 0.296 e. The van der Waals surface area contributed by atoms with E-state index < -0.39 is 10.1 Å². The SMILES string of the molecule is CCCC(C)CCOS(=O)(=O)c1ccc(C)cc1. The summed E-state index contributed by atoms with van der Waals surface area (Å²) in [7, 11) is -3.59. The first-order chi connectivity index (χ1) is 8.45. The maximum atomic E-state index is 11.9. The first kappa shape index (κ1) is 15.2. The molecule has 0 bridgehead atoms. The normalized spacial score (nSPS) is 13.5. The fourth-order valence-corrected chi connectivity index (χ4v) is 2.69. The van der Waals surface area contributed by atoms with E-state index in [0.717, 1.165) is 24.8 Å². The molecule has 102 valence electrons. The fraction of sp³-hybridized carbons (Fsp3) is 0.571. The van der Waals surface area contributed by atoms with E-state index in [0.29, 0.717) is 5.92 Å². The lowest BCUT2D eigenvalue weighted by molar-refractivity contribution is 0.282. The van der Waals surface area contributed by atoms with E-state index >= 15 is 0 Å². The van der Waals surface area contributed by atoms with E-state index in [9.17, 15) is 8.42 Å². The molecule has 0 spiro atoms.